The first-order valence-electron chi connectivity index (χ1n) is 6.88. The average Bonchev–Trinajstić information content (AvgIpc) is 3.21. The minimum Gasteiger partial charge on any atom is -0.480 e. The van der Waals surface area contributed by atoms with Gasteiger partial charge in [0.05, 0.1) is 0 Å². The molecule has 1 heterocycles. The second-order valence-corrected chi connectivity index (χ2v) is 6.19. The molecule has 3 rings (SSSR count). The van der Waals surface area contributed by atoms with Crippen LogP contribution in [0.15, 0.2) is 41.3 Å². The molecule has 1 aromatic carbocycles. The fourth-order valence-corrected chi connectivity index (χ4v) is 2.48. The van der Waals surface area contributed by atoms with Crippen LogP contribution >= 0.6 is 15.9 Å². The third-order valence-corrected chi connectivity index (χ3v) is 4.11. The van der Waals surface area contributed by atoms with Crippen LogP contribution in [0.4, 0.5) is 0 Å². The summed E-state index contributed by atoms with van der Waals surface area (Å²) in [7, 11) is 0. The number of imidazole rings is 1. The van der Waals surface area contributed by atoms with Gasteiger partial charge >= 0.3 is 5.97 Å². The average molecular weight is 364 g/mol. The first-order chi connectivity index (χ1) is 10.5. The monoisotopic (exact) mass is 363 g/mol. The Morgan fingerprint density at radius 1 is 1.32 bits per heavy atom. The molecule has 2 aromatic rings. The number of carboxylic acid groups (broad SMARTS) is 1. The molecule has 1 atom stereocenters. The maximum atomic E-state index is 12.1. The van der Waals surface area contributed by atoms with Gasteiger partial charge in [0.2, 0.25) is 0 Å². The Kier molecular flexibility index (Phi) is 3.98. The van der Waals surface area contributed by atoms with Crippen LogP contribution in [0, 0.1) is 5.92 Å². The zero-order chi connectivity index (χ0) is 15.7. The van der Waals surface area contributed by atoms with Crippen molar-refractivity contribution in [2.75, 3.05) is 0 Å². The van der Waals surface area contributed by atoms with E-state index in [4.69, 9.17) is 5.11 Å². The van der Waals surface area contributed by atoms with Crippen LogP contribution in [0.2, 0.25) is 0 Å². The summed E-state index contributed by atoms with van der Waals surface area (Å²) in [5.74, 6) is -1.42. The number of halogens is 1. The standard InChI is InChI=1S/C15H14BrN3O3/c16-10-3-5-11(6-4-10)19-7-12(17-8-19)14(20)18-13(15(21)22)9-1-2-9/h3-9,13H,1-2H2,(H,18,20)(H,21,22). The SMILES string of the molecule is O=C(NC(C(=O)O)C1CC1)c1cn(-c2ccc(Br)cc2)cn1. The molecule has 1 aromatic heterocycles. The predicted molar refractivity (Wildman–Crippen MR) is 82.9 cm³/mol. The van der Waals surface area contributed by atoms with Crippen molar-refractivity contribution >= 4 is 27.8 Å². The number of aliphatic carboxylic acids is 1. The molecule has 6 nitrogen and oxygen atoms in total. The fourth-order valence-electron chi connectivity index (χ4n) is 2.22. The third-order valence-electron chi connectivity index (χ3n) is 3.59. The van der Waals surface area contributed by atoms with Crippen LogP contribution < -0.4 is 5.32 Å². The number of rotatable bonds is 5. The normalized spacial score (nSPS) is 15.3. The number of carbonyl (C=O) groups excluding carboxylic acids is 1. The fraction of sp³-hybridized carbons (Fsp3) is 0.267. The molecule has 0 radical (unpaired) electrons. The Bertz CT molecular complexity index is 707. The third kappa shape index (κ3) is 3.19. The van der Waals surface area contributed by atoms with Crippen molar-refractivity contribution in [1.29, 1.82) is 0 Å². The van der Waals surface area contributed by atoms with E-state index in [9.17, 15) is 9.59 Å². The Morgan fingerprint density at radius 2 is 2.00 bits per heavy atom. The van der Waals surface area contributed by atoms with Crippen molar-refractivity contribution < 1.29 is 14.7 Å². The van der Waals surface area contributed by atoms with Gasteiger partial charge in [0.25, 0.3) is 5.91 Å². The topological polar surface area (TPSA) is 84.2 Å². The van der Waals surface area contributed by atoms with Crippen molar-refractivity contribution in [3.8, 4) is 5.69 Å². The predicted octanol–water partition coefficient (Wildman–Crippen LogP) is 2.23. The van der Waals surface area contributed by atoms with Gasteiger partial charge in [-0.3, -0.25) is 4.79 Å². The van der Waals surface area contributed by atoms with E-state index in [1.807, 2.05) is 24.3 Å². The van der Waals surface area contributed by atoms with E-state index < -0.39 is 17.9 Å². The number of hydrogen-bond acceptors (Lipinski definition) is 3. The Labute approximate surface area is 135 Å². The second kappa shape index (κ2) is 5.92. The van der Waals surface area contributed by atoms with Crippen molar-refractivity contribution in [2.24, 2.45) is 5.92 Å². The van der Waals surface area contributed by atoms with Crippen LogP contribution in [0.5, 0.6) is 0 Å². The zero-order valence-corrected chi connectivity index (χ0v) is 13.2. The number of hydrogen-bond donors (Lipinski definition) is 2. The lowest BCUT2D eigenvalue weighted by atomic mass is 10.2. The highest BCUT2D eigenvalue weighted by Crippen LogP contribution is 2.32. The summed E-state index contributed by atoms with van der Waals surface area (Å²) in [5, 5.41) is 11.7. The lowest BCUT2D eigenvalue weighted by molar-refractivity contribution is -0.139. The quantitative estimate of drug-likeness (QED) is 0.852. The summed E-state index contributed by atoms with van der Waals surface area (Å²) in [5.41, 5.74) is 1.07. The van der Waals surface area contributed by atoms with E-state index in [0.29, 0.717) is 0 Å². The lowest BCUT2D eigenvalue weighted by Gasteiger charge is -2.12. The molecule has 0 saturated heterocycles. The highest BCUT2D eigenvalue weighted by Gasteiger charge is 2.37. The molecule has 0 bridgehead atoms. The Morgan fingerprint density at radius 3 is 2.59 bits per heavy atom. The minimum absolute atomic E-state index is 0.0370. The molecule has 1 fully saturated rings. The maximum absolute atomic E-state index is 12.1. The lowest BCUT2D eigenvalue weighted by Crippen LogP contribution is -2.42. The van der Waals surface area contributed by atoms with Gasteiger partial charge in [0.1, 0.15) is 18.1 Å². The minimum atomic E-state index is -0.997. The molecule has 7 heteroatoms. The van der Waals surface area contributed by atoms with Crippen molar-refractivity contribution in [3.63, 3.8) is 0 Å². The Hall–Kier alpha value is -2.15. The van der Waals surface area contributed by atoms with E-state index >= 15 is 0 Å². The largest absolute Gasteiger partial charge is 0.480 e. The second-order valence-electron chi connectivity index (χ2n) is 5.27. The van der Waals surface area contributed by atoms with Crippen molar-refractivity contribution in [2.45, 2.75) is 18.9 Å². The first-order valence-corrected chi connectivity index (χ1v) is 7.67. The summed E-state index contributed by atoms with van der Waals surface area (Å²) in [6.45, 7) is 0. The number of aromatic nitrogens is 2. The van der Waals surface area contributed by atoms with E-state index in [2.05, 4.69) is 26.2 Å². The molecular weight excluding hydrogens is 350 g/mol. The molecular formula is C15H14BrN3O3. The molecule has 1 unspecified atom stereocenters. The number of benzene rings is 1. The van der Waals surface area contributed by atoms with Gasteiger partial charge in [-0.05, 0) is 43.0 Å². The van der Waals surface area contributed by atoms with Crippen LogP contribution in [0.25, 0.3) is 5.69 Å². The van der Waals surface area contributed by atoms with Crippen LogP contribution in [-0.2, 0) is 4.79 Å². The van der Waals surface area contributed by atoms with E-state index in [1.54, 1.807) is 10.8 Å². The molecule has 1 aliphatic carbocycles. The summed E-state index contributed by atoms with van der Waals surface area (Å²) < 4.78 is 2.68. The number of nitrogens with one attached hydrogen (secondary N) is 1. The summed E-state index contributed by atoms with van der Waals surface area (Å²) in [6.07, 6.45) is 4.80. The van der Waals surface area contributed by atoms with Gasteiger partial charge in [-0.2, -0.15) is 0 Å². The maximum Gasteiger partial charge on any atom is 0.326 e. The number of carbonyl (C=O) groups is 2. The molecule has 2 N–H and O–H groups in total. The molecule has 1 saturated carbocycles. The summed E-state index contributed by atoms with van der Waals surface area (Å²) >= 11 is 3.36. The van der Waals surface area contributed by atoms with Gasteiger partial charge < -0.3 is 15.0 Å². The van der Waals surface area contributed by atoms with Gasteiger partial charge in [-0.25, -0.2) is 9.78 Å². The Balaban J connectivity index is 1.74. The van der Waals surface area contributed by atoms with Crippen LogP contribution in [0.3, 0.4) is 0 Å². The first kappa shape index (κ1) is 14.8. The van der Waals surface area contributed by atoms with Crippen molar-refractivity contribution in [3.05, 3.63) is 47.0 Å². The van der Waals surface area contributed by atoms with Crippen LogP contribution in [0.1, 0.15) is 23.3 Å². The summed E-state index contributed by atoms with van der Waals surface area (Å²) in [4.78, 5) is 27.3. The molecule has 0 spiro atoms. The molecule has 1 amide bonds. The number of nitrogens with zero attached hydrogens (tertiary/aromatic N) is 2. The van der Waals surface area contributed by atoms with E-state index in [-0.39, 0.29) is 11.6 Å². The van der Waals surface area contributed by atoms with Gasteiger partial charge in [-0.1, -0.05) is 15.9 Å². The van der Waals surface area contributed by atoms with E-state index in [1.165, 1.54) is 6.33 Å². The van der Waals surface area contributed by atoms with Gasteiger partial charge in [-0.15, -0.1) is 0 Å². The molecule has 0 aliphatic heterocycles. The smallest absolute Gasteiger partial charge is 0.326 e. The molecule has 1 aliphatic rings. The molecule has 22 heavy (non-hydrogen) atoms. The zero-order valence-electron chi connectivity index (χ0n) is 11.6. The molecule has 114 valence electrons. The summed E-state index contributed by atoms with van der Waals surface area (Å²) in [6, 6.07) is 6.73. The highest BCUT2D eigenvalue weighted by atomic mass is 79.9. The van der Waals surface area contributed by atoms with Gasteiger partial charge in [0, 0.05) is 16.4 Å². The van der Waals surface area contributed by atoms with Gasteiger partial charge in [0.15, 0.2) is 0 Å². The number of amides is 1. The number of carboxylic acids is 1. The highest BCUT2D eigenvalue weighted by molar-refractivity contribution is 9.10. The van der Waals surface area contributed by atoms with Crippen molar-refractivity contribution in [1.82, 2.24) is 14.9 Å². The van der Waals surface area contributed by atoms with Crippen LogP contribution in [-0.4, -0.2) is 32.6 Å². The van der Waals surface area contributed by atoms with E-state index in [0.717, 1.165) is 23.0 Å².